The lowest BCUT2D eigenvalue weighted by Crippen LogP contribution is -2.46. The van der Waals surface area contributed by atoms with Crippen LogP contribution in [0, 0.1) is 22.7 Å². The van der Waals surface area contributed by atoms with E-state index in [1.165, 1.54) is 0 Å². The summed E-state index contributed by atoms with van der Waals surface area (Å²) in [6, 6.07) is 2.56. The Morgan fingerprint density at radius 2 is 2.12 bits per heavy atom. The molecule has 3 N–H and O–H groups in total. The molecule has 0 bridgehead atoms. The van der Waals surface area contributed by atoms with Crippen LogP contribution in [-0.2, 0) is 4.79 Å². The number of nitriles is 1. The summed E-state index contributed by atoms with van der Waals surface area (Å²) in [5.74, 6) is -0.221. The molecule has 1 fully saturated rings. The lowest BCUT2D eigenvalue weighted by Gasteiger charge is -2.31. The highest BCUT2D eigenvalue weighted by Crippen LogP contribution is 2.24. The molecule has 0 aliphatic heterocycles. The van der Waals surface area contributed by atoms with Gasteiger partial charge in [-0.3, -0.25) is 4.79 Å². The number of amides is 1. The number of nitrogens with two attached hydrogens (primary N) is 1. The van der Waals surface area contributed by atoms with E-state index in [-0.39, 0.29) is 17.9 Å². The number of rotatable bonds is 4. The molecule has 1 aliphatic rings. The molecule has 0 aromatic heterocycles. The zero-order valence-corrected chi connectivity index (χ0v) is 10.1. The summed E-state index contributed by atoms with van der Waals surface area (Å²) in [4.78, 5) is 11.2. The largest absolute Gasteiger partial charge is 0.369 e. The number of hydrogen-bond donors (Lipinski definition) is 2. The lowest BCUT2D eigenvalue weighted by molar-refractivity contribution is -0.125. The Hall–Kier alpha value is -1.08. The van der Waals surface area contributed by atoms with Crippen LogP contribution in [-0.4, -0.2) is 18.5 Å². The maximum Gasteiger partial charge on any atom is 0.224 e. The van der Waals surface area contributed by atoms with E-state index in [9.17, 15) is 4.79 Å². The van der Waals surface area contributed by atoms with Gasteiger partial charge >= 0.3 is 0 Å². The lowest BCUT2D eigenvalue weighted by atomic mass is 9.84. The molecule has 4 nitrogen and oxygen atoms in total. The number of carbonyl (C=O) groups is 1. The molecule has 2 unspecified atom stereocenters. The molecule has 0 spiro atoms. The van der Waals surface area contributed by atoms with Crippen molar-refractivity contribution in [1.29, 1.82) is 5.26 Å². The average molecular weight is 223 g/mol. The molecule has 4 heteroatoms. The van der Waals surface area contributed by atoms with Gasteiger partial charge in [0, 0.05) is 12.6 Å². The molecule has 1 aliphatic carbocycles. The first-order valence-electron chi connectivity index (χ1n) is 5.90. The van der Waals surface area contributed by atoms with Crippen LogP contribution in [0.2, 0.25) is 0 Å². The smallest absolute Gasteiger partial charge is 0.224 e. The average Bonchev–Trinajstić information content (AvgIpc) is 2.26. The predicted octanol–water partition coefficient (Wildman–Crippen LogP) is 1.17. The Bertz CT molecular complexity index is 293. The first-order chi connectivity index (χ1) is 7.47. The Labute approximate surface area is 97.2 Å². The first kappa shape index (κ1) is 13.0. The van der Waals surface area contributed by atoms with Gasteiger partial charge in [0.25, 0.3) is 0 Å². The summed E-state index contributed by atoms with van der Waals surface area (Å²) >= 11 is 0. The molecular formula is C12H21N3O. The molecule has 0 radical (unpaired) electrons. The van der Waals surface area contributed by atoms with Crippen molar-refractivity contribution in [1.82, 2.24) is 5.32 Å². The van der Waals surface area contributed by atoms with Gasteiger partial charge < -0.3 is 11.1 Å². The molecule has 90 valence electrons. The number of primary amides is 1. The standard InChI is InChI=1S/C12H21N3O/c1-12(2,11(14)16)8-15-10-6-4-3-5-9(10)7-13/h9-10,15H,3-6,8H2,1-2H3,(H2,14,16). The van der Waals surface area contributed by atoms with Crippen molar-refractivity contribution >= 4 is 5.91 Å². The van der Waals surface area contributed by atoms with Gasteiger partial charge in [0.05, 0.1) is 17.4 Å². The summed E-state index contributed by atoms with van der Waals surface area (Å²) in [6.45, 7) is 4.20. The van der Waals surface area contributed by atoms with Crippen LogP contribution in [0.1, 0.15) is 39.5 Å². The fourth-order valence-corrected chi connectivity index (χ4v) is 2.00. The topological polar surface area (TPSA) is 78.9 Å². The Balaban J connectivity index is 2.48. The van der Waals surface area contributed by atoms with E-state index in [0.717, 1.165) is 25.7 Å². The SMILES string of the molecule is CC(C)(CNC1CCCCC1C#N)C(N)=O. The summed E-state index contributed by atoms with van der Waals surface area (Å²) in [7, 11) is 0. The fraction of sp³-hybridized carbons (Fsp3) is 0.833. The van der Waals surface area contributed by atoms with E-state index in [1.54, 1.807) is 0 Å². The van der Waals surface area contributed by atoms with E-state index in [0.29, 0.717) is 6.54 Å². The van der Waals surface area contributed by atoms with E-state index in [2.05, 4.69) is 11.4 Å². The molecule has 1 rings (SSSR count). The van der Waals surface area contributed by atoms with Crippen molar-refractivity contribution in [2.75, 3.05) is 6.54 Å². The van der Waals surface area contributed by atoms with Crippen LogP contribution in [0.15, 0.2) is 0 Å². The summed E-state index contributed by atoms with van der Waals surface area (Å²) < 4.78 is 0. The van der Waals surface area contributed by atoms with Crippen LogP contribution in [0.25, 0.3) is 0 Å². The number of hydrogen-bond acceptors (Lipinski definition) is 3. The van der Waals surface area contributed by atoms with E-state index < -0.39 is 5.41 Å². The van der Waals surface area contributed by atoms with Crippen LogP contribution in [0.5, 0.6) is 0 Å². The number of nitrogens with zero attached hydrogens (tertiary/aromatic N) is 1. The molecule has 0 aromatic rings. The van der Waals surface area contributed by atoms with Gasteiger partial charge in [0.2, 0.25) is 5.91 Å². The summed E-state index contributed by atoms with van der Waals surface area (Å²) in [5, 5.41) is 12.3. The second-order valence-electron chi connectivity index (χ2n) is 5.26. The van der Waals surface area contributed by atoms with Gasteiger partial charge in [-0.25, -0.2) is 0 Å². The van der Waals surface area contributed by atoms with E-state index >= 15 is 0 Å². The number of nitrogens with one attached hydrogen (secondary N) is 1. The minimum atomic E-state index is -0.544. The highest BCUT2D eigenvalue weighted by molar-refractivity contribution is 5.80. The molecule has 0 aromatic carbocycles. The third kappa shape index (κ3) is 3.21. The normalized spacial score (nSPS) is 26.1. The Morgan fingerprint density at radius 3 is 2.69 bits per heavy atom. The molecule has 1 saturated carbocycles. The third-order valence-corrected chi connectivity index (χ3v) is 3.41. The van der Waals surface area contributed by atoms with Crippen molar-refractivity contribution < 1.29 is 4.79 Å². The molecule has 0 heterocycles. The van der Waals surface area contributed by atoms with Gasteiger partial charge in [0.15, 0.2) is 0 Å². The zero-order chi connectivity index (χ0) is 12.2. The zero-order valence-electron chi connectivity index (χ0n) is 10.1. The van der Waals surface area contributed by atoms with E-state index in [4.69, 9.17) is 11.0 Å². The van der Waals surface area contributed by atoms with Gasteiger partial charge in [-0.1, -0.05) is 12.8 Å². The summed E-state index contributed by atoms with van der Waals surface area (Å²) in [6.07, 6.45) is 4.28. The van der Waals surface area contributed by atoms with Crippen LogP contribution < -0.4 is 11.1 Å². The monoisotopic (exact) mass is 223 g/mol. The highest BCUT2D eigenvalue weighted by atomic mass is 16.1. The maximum atomic E-state index is 11.2. The second kappa shape index (κ2) is 5.31. The van der Waals surface area contributed by atoms with Crippen molar-refractivity contribution in [2.24, 2.45) is 17.1 Å². The van der Waals surface area contributed by atoms with Gasteiger partial charge in [-0.2, -0.15) is 5.26 Å². The minimum Gasteiger partial charge on any atom is -0.369 e. The van der Waals surface area contributed by atoms with Crippen molar-refractivity contribution in [3.8, 4) is 6.07 Å². The quantitative estimate of drug-likeness (QED) is 0.751. The Kier molecular flexibility index (Phi) is 4.31. The molecule has 16 heavy (non-hydrogen) atoms. The summed E-state index contributed by atoms with van der Waals surface area (Å²) in [5.41, 5.74) is 4.76. The van der Waals surface area contributed by atoms with Crippen molar-refractivity contribution in [3.63, 3.8) is 0 Å². The van der Waals surface area contributed by atoms with Gasteiger partial charge in [0.1, 0.15) is 0 Å². The first-order valence-corrected chi connectivity index (χ1v) is 5.90. The van der Waals surface area contributed by atoms with Crippen LogP contribution in [0.3, 0.4) is 0 Å². The van der Waals surface area contributed by atoms with Crippen LogP contribution >= 0.6 is 0 Å². The molecule has 0 saturated heterocycles. The predicted molar refractivity (Wildman–Crippen MR) is 62.3 cm³/mol. The minimum absolute atomic E-state index is 0.0810. The number of carbonyl (C=O) groups excluding carboxylic acids is 1. The fourth-order valence-electron chi connectivity index (χ4n) is 2.00. The maximum absolute atomic E-state index is 11.2. The van der Waals surface area contributed by atoms with Crippen LogP contribution in [0.4, 0.5) is 0 Å². The third-order valence-electron chi connectivity index (χ3n) is 3.41. The Morgan fingerprint density at radius 1 is 1.50 bits per heavy atom. The van der Waals surface area contributed by atoms with Crippen molar-refractivity contribution in [3.05, 3.63) is 0 Å². The van der Waals surface area contributed by atoms with Gasteiger partial charge in [-0.15, -0.1) is 0 Å². The van der Waals surface area contributed by atoms with Crippen molar-refractivity contribution in [2.45, 2.75) is 45.6 Å². The van der Waals surface area contributed by atoms with E-state index in [1.807, 2.05) is 13.8 Å². The molecule has 2 atom stereocenters. The molecular weight excluding hydrogens is 202 g/mol. The molecule has 1 amide bonds. The highest BCUT2D eigenvalue weighted by Gasteiger charge is 2.29. The van der Waals surface area contributed by atoms with Gasteiger partial charge in [-0.05, 0) is 26.7 Å². The second-order valence-corrected chi connectivity index (χ2v) is 5.26.